The molecule has 1 aromatic carbocycles. The summed E-state index contributed by atoms with van der Waals surface area (Å²) < 4.78 is 10.4. The number of fused-ring (bicyclic) bond motifs is 1. The zero-order valence-electron chi connectivity index (χ0n) is 11.5. The topological polar surface area (TPSA) is 91.4 Å². The van der Waals surface area contributed by atoms with Crippen molar-refractivity contribution in [3.8, 4) is 5.75 Å². The molecule has 7 nitrogen and oxygen atoms in total. The molecular formula is C15H10N2O5. The minimum absolute atomic E-state index is 0.0382. The molecule has 2 heterocycles. The van der Waals surface area contributed by atoms with E-state index in [2.05, 4.69) is 4.98 Å². The number of ether oxygens (including phenoxy) is 1. The van der Waals surface area contributed by atoms with Gasteiger partial charge in [-0.05, 0) is 30.3 Å². The maximum Gasteiger partial charge on any atom is 0.429 e. The molecule has 110 valence electrons. The van der Waals surface area contributed by atoms with E-state index in [4.69, 9.17) is 9.15 Å². The third-order valence-corrected chi connectivity index (χ3v) is 3.14. The van der Waals surface area contributed by atoms with Gasteiger partial charge in [0.05, 0.1) is 18.7 Å². The van der Waals surface area contributed by atoms with Crippen molar-refractivity contribution in [1.82, 2.24) is 9.55 Å². The molecule has 22 heavy (non-hydrogen) atoms. The number of hydrogen-bond acceptors (Lipinski definition) is 6. The monoisotopic (exact) mass is 298 g/mol. The second-order valence-corrected chi connectivity index (χ2v) is 4.41. The van der Waals surface area contributed by atoms with Gasteiger partial charge < -0.3 is 9.15 Å². The highest BCUT2D eigenvalue weighted by Gasteiger charge is 2.17. The van der Waals surface area contributed by atoms with E-state index in [0.29, 0.717) is 10.3 Å². The van der Waals surface area contributed by atoms with Crippen molar-refractivity contribution in [2.24, 2.45) is 0 Å². The average Bonchev–Trinajstić information content (AvgIpc) is 2.55. The summed E-state index contributed by atoms with van der Waals surface area (Å²) >= 11 is 0. The number of methoxy groups -OCH3 is 1. The van der Waals surface area contributed by atoms with Crippen molar-refractivity contribution in [2.75, 3.05) is 7.11 Å². The molecule has 0 unspecified atom stereocenters. The molecule has 0 spiro atoms. The van der Waals surface area contributed by atoms with E-state index in [-0.39, 0.29) is 16.5 Å². The van der Waals surface area contributed by atoms with Crippen molar-refractivity contribution in [2.45, 2.75) is 0 Å². The third-order valence-electron chi connectivity index (χ3n) is 3.14. The highest BCUT2D eigenvalue weighted by atomic mass is 16.5. The SMILES string of the molecule is COc1ccc(C(=O)n2c(=O)oc3cnccc3c2=O)cc1. The summed E-state index contributed by atoms with van der Waals surface area (Å²) in [5.41, 5.74) is -0.533. The third kappa shape index (κ3) is 2.18. The van der Waals surface area contributed by atoms with Crippen molar-refractivity contribution < 1.29 is 13.9 Å². The molecule has 3 rings (SSSR count). The lowest BCUT2D eigenvalue weighted by Crippen LogP contribution is -2.38. The molecule has 0 fully saturated rings. The molecule has 0 aliphatic rings. The van der Waals surface area contributed by atoms with Gasteiger partial charge in [0.2, 0.25) is 0 Å². The van der Waals surface area contributed by atoms with Crippen LogP contribution in [0.5, 0.6) is 5.75 Å². The van der Waals surface area contributed by atoms with Crippen LogP contribution >= 0.6 is 0 Å². The smallest absolute Gasteiger partial charge is 0.429 e. The number of pyridine rings is 1. The largest absolute Gasteiger partial charge is 0.497 e. The van der Waals surface area contributed by atoms with E-state index in [9.17, 15) is 14.4 Å². The van der Waals surface area contributed by atoms with Gasteiger partial charge in [-0.1, -0.05) is 0 Å². The van der Waals surface area contributed by atoms with Gasteiger partial charge in [-0.3, -0.25) is 14.6 Å². The van der Waals surface area contributed by atoms with Crippen molar-refractivity contribution >= 4 is 16.9 Å². The van der Waals surface area contributed by atoms with E-state index in [0.717, 1.165) is 0 Å². The van der Waals surface area contributed by atoms with Crippen LogP contribution in [0, 0.1) is 0 Å². The van der Waals surface area contributed by atoms with E-state index in [1.165, 1.54) is 37.7 Å². The van der Waals surface area contributed by atoms with E-state index in [1.54, 1.807) is 12.1 Å². The van der Waals surface area contributed by atoms with Crippen molar-refractivity contribution in [3.05, 3.63) is 69.2 Å². The van der Waals surface area contributed by atoms with Gasteiger partial charge in [0.15, 0.2) is 5.58 Å². The minimum Gasteiger partial charge on any atom is -0.497 e. The molecule has 2 aromatic heterocycles. The predicted octanol–water partition coefficient (Wildman–Crippen LogP) is 1.05. The highest BCUT2D eigenvalue weighted by Crippen LogP contribution is 2.12. The molecule has 0 saturated heterocycles. The molecule has 0 N–H and O–H groups in total. The molecule has 0 atom stereocenters. The van der Waals surface area contributed by atoms with Crippen LogP contribution in [-0.4, -0.2) is 22.6 Å². The Morgan fingerprint density at radius 2 is 1.91 bits per heavy atom. The Kier molecular flexibility index (Phi) is 3.30. The summed E-state index contributed by atoms with van der Waals surface area (Å²) in [6.45, 7) is 0. The van der Waals surface area contributed by atoms with E-state index < -0.39 is 17.2 Å². The van der Waals surface area contributed by atoms with Crippen LogP contribution in [0.2, 0.25) is 0 Å². The standard InChI is InChI=1S/C15H10N2O5/c1-21-10-4-2-9(3-5-10)13(18)17-14(19)11-6-7-16-8-12(11)22-15(17)20/h2-8H,1H3. The van der Waals surface area contributed by atoms with E-state index >= 15 is 0 Å². The summed E-state index contributed by atoms with van der Waals surface area (Å²) in [6.07, 6.45) is 2.63. The first-order valence-electron chi connectivity index (χ1n) is 6.30. The number of benzene rings is 1. The van der Waals surface area contributed by atoms with Gasteiger partial charge in [-0.2, -0.15) is 4.57 Å². The summed E-state index contributed by atoms with van der Waals surface area (Å²) in [7, 11) is 1.49. The fraction of sp³-hybridized carbons (Fsp3) is 0.0667. The van der Waals surface area contributed by atoms with Gasteiger partial charge in [0.25, 0.3) is 11.5 Å². The Bertz CT molecular complexity index is 970. The van der Waals surface area contributed by atoms with Gasteiger partial charge in [-0.25, -0.2) is 4.79 Å². The lowest BCUT2D eigenvalue weighted by Gasteiger charge is -2.05. The highest BCUT2D eigenvalue weighted by molar-refractivity contribution is 5.96. The fourth-order valence-corrected chi connectivity index (χ4v) is 2.02. The van der Waals surface area contributed by atoms with Crippen LogP contribution in [0.1, 0.15) is 10.4 Å². The van der Waals surface area contributed by atoms with Gasteiger partial charge >= 0.3 is 5.76 Å². The number of carbonyl (C=O) groups excluding carboxylic acids is 1. The lowest BCUT2D eigenvalue weighted by atomic mass is 10.2. The normalized spacial score (nSPS) is 10.6. The Balaban J connectivity index is 2.18. The molecule has 0 aliphatic heterocycles. The first kappa shape index (κ1) is 13.7. The summed E-state index contributed by atoms with van der Waals surface area (Å²) in [4.78, 5) is 40.4. The number of carbonyl (C=O) groups is 1. The average molecular weight is 298 g/mol. The Labute approximate surface area is 123 Å². The molecule has 7 heteroatoms. The van der Waals surface area contributed by atoms with Crippen LogP contribution in [0.25, 0.3) is 11.0 Å². The molecule has 0 radical (unpaired) electrons. The quantitative estimate of drug-likeness (QED) is 0.702. The van der Waals surface area contributed by atoms with Crippen LogP contribution in [0.15, 0.2) is 56.7 Å². The Hall–Kier alpha value is -3.22. The molecule has 3 aromatic rings. The molecule has 0 saturated carbocycles. The number of aromatic nitrogens is 2. The first-order valence-corrected chi connectivity index (χ1v) is 6.30. The Morgan fingerprint density at radius 3 is 2.59 bits per heavy atom. The zero-order chi connectivity index (χ0) is 15.7. The second kappa shape index (κ2) is 5.28. The maximum atomic E-state index is 12.4. The number of rotatable bonds is 2. The van der Waals surface area contributed by atoms with Crippen LogP contribution < -0.4 is 16.1 Å². The van der Waals surface area contributed by atoms with E-state index in [1.807, 2.05) is 0 Å². The number of nitrogens with zero attached hydrogens (tertiary/aromatic N) is 2. The summed E-state index contributed by atoms with van der Waals surface area (Å²) in [5.74, 6) is -1.26. The number of hydrogen-bond donors (Lipinski definition) is 0. The second-order valence-electron chi connectivity index (χ2n) is 4.41. The van der Waals surface area contributed by atoms with Gasteiger partial charge in [-0.15, -0.1) is 0 Å². The van der Waals surface area contributed by atoms with Crippen LogP contribution in [0.4, 0.5) is 0 Å². The van der Waals surface area contributed by atoms with Gasteiger partial charge in [0, 0.05) is 11.8 Å². The minimum atomic E-state index is -1.05. The Morgan fingerprint density at radius 1 is 1.18 bits per heavy atom. The fourth-order valence-electron chi connectivity index (χ4n) is 2.02. The van der Waals surface area contributed by atoms with Gasteiger partial charge in [0.1, 0.15) is 5.75 Å². The van der Waals surface area contributed by atoms with Crippen molar-refractivity contribution in [3.63, 3.8) is 0 Å². The summed E-state index contributed by atoms with van der Waals surface area (Å²) in [6, 6.07) is 7.43. The zero-order valence-corrected chi connectivity index (χ0v) is 11.5. The molecule has 0 amide bonds. The lowest BCUT2D eigenvalue weighted by molar-refractivity contribution is 0.0943. The summed E-state index contributed by atoms with van der Waals surface area (Å²) in [5, 5.41) is 0.108. The van der Waals surface area contributed by atoms with Crippen molar-refractivity contribution in [1.29, 1.82) is 0 Å². The van der Waals surface area contributed by atoms with Crippen LogP contribution in [-0.2, 0) is 0 Å². The predicted molar refractivity (Wildman–Crippen MR) is 77.3 cm³/mol. The molecule has 0 bridgehead atoms. The molecular weight excluding hydrogens is 288 g/mol. The maximum absolute atomic E-state index is 12.4. The van der Waals surface area contributed by atoms with Crippen LogP contribution in [0.3, 0.4) is 0 Å². The molecule has 0 aliphatic carbocycles. The first-order chi connectivity index (χ1) is 10.6.